The third-order valence-electron chi connectivity index (χ3n) is 2.19. The number of nitrogens with zero attached hydrogens (tertiary/aromatic N) is 2. The molecule has 1 aromatic heterocycles. The highest BCUT2D eigenvalue weighted by Gasteiger charge is 2.19. The second-order valence-electron chi connectivity index (χ2n) is 3.28. The fraction of sp³-hybridized carbons (Fsp3) is 0.556. The standard InChI is InChI=1S/C9H15N3O2S/c1-6(4-13)12(2)9(14)7-5-15-8(3-10)11-7/h5-6,13H,3-4,10H2,1-2H3. The van der Waals surface area contributed by atoms with Gasteiger partial charge in [0.25, 0.3) is 5.91 Å². The summed E-state index contributed by atoms with van der Waals surface area (Å²) in [6, 6.07) is -0.208. The van der Waals surface area contributed by atoms with Crippen LogP contribution in [0.15, 0.2) is 5.38 Å². The molecule has 1 amide bonds. The SMILES string of the molecule is CC(CO)N(C)C(=O)c1csc(CN)n1. The molecule has 84 valence electrons. The maximum absolute atomic E-state index is 11.8. The Morgan fingerprint density at radius 3 is 2.93 bits per heavy atom. The first kappa shape index (κ1) is 12.1. The molecule has 1 unspecified atom stereocenters. The fourth-order valence-electron chi connectivity index (χ4n) is 1.01. The highest BCUT2D eigenvalue weighted by Crippen LogP contribution is 2.11. The van der Waals surface area contributed by atoms with Crippen molar-refractivity contribution < 1.29 is 9.90 Å². The van der Waals surface area contributed by atoms with E-state index in [-0.39, 0.29) is 18.6 Å². The Kier molecular flexibility index (Phi) is 4.19. The van der Waals surface area contributed by atoms with Gasteiger partial charge in [-0.2, -0.15) is 0 Å². The molecule has 1 aromatic rings. The number of aromatic nitrogens is 1. The Labute approximate surface area is 92.5 Å². The number of thiazole rings is 1. The maximum Gasteiger partial charge on any atom is 0.273 e. The second-order valence-corrected chi connectivity index (χ2v) is 4.22. The predicted molar refractivity (Wildman–Crippen MR) is 58.6 cm³/mol. The van der Waals surface area contributed by atoms with E-state index in [9.17, 15) is 4.79 Å². The molecule has 0 radical (unpaired) electrons. The minimum atomic E-state index is -0.208. The molecule has 15 heavy (non-hydrogen) atoms. The topological polar surface area (TPSA) is 79.5 Å². The Bertz CT molecular complexity index is 340. The van der Waals surface area contributed by atoms with Gasteiger partial charge < -0.3 is 15.7 Å². The van der Waals surface area contributed by atoms with Crippen molar-refractivity contribution in [1.82, 2.24) is 9.88 Å². The molecule has 0 bridgehead atoms. The fourth-order valence-corrected chi connectivity index (χ4v) is 1.65. The maximum atomic E-state index is 11.8. The van der Waals surface area contributed by atoms with Crippen LogP contribution in [-0.4, -0.2) is 40.6 Å². The molecule has 1 rings (SSSR count). The van der Waals surface area contributed by atoms with Gasteiger partial charge in [0, 0.05) is 19.0 Å². The summed E-state index contributed by atoms with van der Waals surface area (Å²) in [6.45, 7) is 2.06. The molecular weight excluding hydrogens is 214 g/mol. The van der Waals surface area contributed by atoms with Crippen molar-refractivity contribution in [3.63, 3.8) is 0 Å². The number of carbonyl (C=O) groups is 1. The van der Waals surface area contributed by atoms with E-state index in [2.05, 4.69) is 4.98 Å². The molecule has 0 saturated carbocycles. The highest BCUT2D eigenvalue weighted by molar-refractivity contribution is 7.09. The van der Waals surface area contributed by atoms with Gasteiger partial charge in [-0.3, -0.25) is 4.79 Å². The predicted octanol–water partition coefficient (Wildman–Crippen LogP) is 0.0546. The van der Waals surface area contributed by atoms with Crippen LogP contribution in [0.3, 0.4) is 0 Å². The van der Waals surface area contributed by atoms with E-state index < -0.39 is 0 Å². The van der Waals surface area contributed by atoms with Crippen molar-refractivity contribution in [2.24, 2.45) is 5.73 Å². The summed E-state index contributed by atoms with van der Waals surface area (Å²) in [7, 11) is 1.64. The number of likely N-dealkylation sites (N-methyl/N-ethyl adjacent to an activating group) is 1. The second kappa shape index (κ2) is 5.20. The van der Waals surface area contributed by atoms with Crippen molar-refractivity contribution in [1.29, 1.82) is 0 Å². The number of carbonyl (C=O) groups excluding carboxylic acids is 1. The molecule has 0 aliphatic carbocycles. The molecular formula is C9H15N3O2S. The summed E-state index contributed by atoms with van der Waals surface area (Å²) in [5.41, 5.74) is 5.80. The number of amides is 1. The van der Waals surface area contributed by atoms with Crippen LogP contribution in [0.1, 0.15) is 22.4 Å². The van der Waals surface area contributed by atoms with E-state index in [0.29, 0.717) is 12.2 Å². The van der Waals surface area contributed by atoms with Crippen LogP contribution in [0.2, 0.25) is 0 Å². The third kappa shape index (κ3) is 2.74. The minimum absolute atomic E-state index is 0.0594. The molecule has 6 heteroatoms. The first-order chi connectivity index (χ1) is 7.10. The monoisotopic (exact) mass is 229 g/mol. The average molecular weight is 229 g/mol. The van der Waals surface area contributed by atoms with Crippen molar-refractivity contribution in [2.45, 2.75) is 19.5 Å². The molecule has 0 aromatic carbocycles. The molecule has 3 N–H and O–H groups in total. The summed E-state index contributed by atoms with van der Waals surface area (Å²) < 4.78 is 0. The lowest BCUT2D eigenvalue weighted by Crippen LogP contribution is -2.37. The van der Waals surface area contributed by atoms with Crippen LogP contribution in [0.25, 0.3) is 0 Å². The lowest BCUT2D eigenvalue weighted by molar-refractivity contribution is 0.0677. The number of aliphatic hydroxyl groups excluding tert-OH is 1. The van der Waals surface area contributed by atoms with E-state index >= 15 is 0 Å². The first-order valence-corrected chi connectivity index (χ1v) is 5.50. The zero-order valence-corrected chi connectivity index (χ0v) is 9.62. The van der Waals surface area contributed by atoms with Crippen LogP contribution in [0.4, 0.5) is 0 Å². The van der Waals surface area contributed by atoms with Gasteiger partial charge in [0.05, 0.1) is 12.6 Å². The van der Waals surface area contributed by atoms with E-state index in [1.165, 1.54) is 16.2 Å². The molecule has 1 atom stereocenters. The van der Waals surface area contributed by atoms with Crippen LogP contribution in [0, 0.1) is 0 Å². The van der Waals surface area contributed by atoms with Crippen LogP contribution in [-0.2, 0) is 6.54 Å². The minimum Gasteiger partial charge on any atom is -0.394 e. The number of aliphatic hydroxyl groups is 1. The van der Waals surface area contributed by atoms with Gasteiger partial charge in [0.2, 0.25) is 0 Å². The number of hydrogen-bond donors (Lipinski definition) is 2. The summed E-state index contributed by atoms with van der Waals surface area (Å²) in [4.78, 5) is 17.3. The Balaban J connectivity index is 2.75. The van der Waals surface area contributed by atoms with Gasteiger partial charge >= 0.3 is 0 Å². The van der Waals surface area contributed by atoms with Gasteiger partial charge in [0.15, 0.2) is 0 Å². The quantitative estimate of drug-likeness (QED) is 0.765. The largest absolute Gasteiger partial charge is 0.394 e. The van der Waals surface area contributed by atoms with Gasteiger partial charge in [0.1, 0.15) is 10.7 Å². The van der Waals surface area contributed by atoms with E-state index in [1.807, 2.05) is 0 Å². The van der Waals surface area contributed by atoms with Gasteiger partial charge in [-0.25, -0.2) is 4.98 Å². The normalized spacial score (nSPS) is 12.5. The Morgan fingerprint density at radius 1 is 1.80 bits per heavy atom. The van der Waals surface area contributed by atoms with Crippen molar-refractivity contribution >= 4 is 17.2 Å². The molecule has 0 fully saturated rings. The zero-order chi connectivity index (χ0) is 11.4. The van der Waals surface area contributed by atoms with Crippen molar-refractivity contribution in [3.8, 4) is 0 Å². The number of rotatable bonds is 4. The summed E-state index contributed by atoms with van der Waals surface area (Å²) in [6.07, 6.45) is 0. The average Bonchev–Trinajstić information content (AvgIpc) is 2.74. The molecule has 0 spiro atoms. The van der Waals surface area contributed by atoms with Gasteiger partial charge in [-0.05, 0) is 6.92 Å². The highest BCUT2D eigenvalue weighted by atomic mass is 32.1. The Hall–Kier alpha value is -0.980. The number of hydrogen-bond acceptors (Lipinski definition) is 5. The summed E-state index contributed by atoms with van der Waals surface area (Å²) >= 11 is 1.37. The summed E-state index contributed by atoms with van der Waals surface area (Å²) in [5.74, 6) is -0.187. The molecule has 1 heterocycles. The first-order valence-electron chi connectivity index (χ1n) is 4.62. The lowest BCUT2D eigenvalue weighted by Gasteiger charge is -2.21. The van der Waals surface area contributed by atoms with Gasteiger partial charge in [-0.15, -0.1) is 11.3 Å². The molecule has 0 aliphatic heterocycles. The summed E-state index contributed by atoms with van der Waals surface area (Å²) in [5, 5.41) is 11.3. The zero-order valence-electron chi connectivity index (χ0n) is 8.80. The Morgan fingerprint density at radius 2 is 2.47 bits per heavy atom. The van der Waals surface area contributed by atoms with Crippen LogP contribution in [0.5, 0.6) is 0 Å². The van der Waals surface area contributed by atoms with Crippen LogP contribution >= 0.6 is 11.3 Å². The molecule has 0 aliphatic rings. The number of nitrogens with two attached hydrogens (primary N) is 1. The molecule has 5 nitrogen and oxygen atoms in total. The third-order valence-corrected chi connectivity index (χ3v) is 3.06. The van der Waals surface area contributed by atoms with Crippen LogP contribution < -0.4 is 5.73 Å². The smallest absolute Gasteiger partial charge is 0.273 e. The van der Waals surface area contributed by atoms with E-state index in [1.54, 1.807) is 19.4 Å². The van der Waals surface area contributed by atoms with Crippen molar-refractivity contribution in [2.75, 3.05) is 13.7 Å². The van der Waals surface area contributed by atoms with Crippen molar-refractivity contribution in [3.05, 3.63) is 16.1 Å². The molecule has 0 saturated heterocycles. The van der Waals surface area contributed by atoms with E-state index in [4.69, 9.17) is 10.8 Å². The van der Waals surface area contributed by atoms with Gasteiger partial charge in [-0.1, -0.05) is 0 Å². The lowest BCUT2D eigenvalue weighted by atomic mass is 10.3. The van der Waals surface area contributed by atoms with E-state index in [0.717, 1.165) is 5.01 Å².